The first-order valence-electron chi connectivity index (χ1n) is 6.68. The summed E-state index contributed by atoms with van der Waals surface area (Å²) in [5, 5.41) is 0. The van der Waals surface area contributed by atoms with Gasteiger partial charge in [-0.2, -0.15) is 0 Å². The van der Waals surface area contributed by atoms with Gasteiger partial charge in [-0.1, -0.05) is 30.3 Å². The van der Waals surface area contributed by atoms with E-state index in [1.165, 1.54) is 12.3 Å². The molecule has 0 radical (unpaired) electrons. The third kappa shape index (κ3) is 2.84. The van der Waals surface area contributed by atoms with Crippen molar-refractivity contribution in [1.29, 1.82) is 0 Å². The Morgan fingerprint density at radius 2 is 1.81 bits per heavy atom. The predicted octanol–water partition coefficient (Wildman–Crippen LogP) is 5.05. The molecule has 2 nitrogen and oxygen atoms in total. The number of allylic oxidation sites excluding steroid dienone is 3. The molecule has 0 N–H and O–H groups in total. The number of hydrogen-bond donors (Lipinski definition) is 0. The third-order valence-electron chi connectivity index (χ3n) is 3.23. The lowest BCUT2D eigenvalue weighted by atomic mass is 10.0. The van der Waals surface area contributed by atoms with E-state index >= 15 is 0 Å². The van der Waals surface area contributed by atoms with Gasteiger partial charge in [-0.05, 0) is 36.6 Å². The first kappa shape index (κ1) is 13.5. The van der Waals surface area contributed by atoms with Crippen LogP contribution in [0.3, 0.4) is 0 Å². The van der Waals surface area contributed by atoms with Crippen molar-refractivity contribution in [3.8, 4) is 0 Å². The van der Waals surface area contributed by atoms with Crippen molar-refractivity contribution in [2.75, 3.05) is 0 Å². The summed E-state index contributed by atoms with van der Waals surface area (Å²) in [7, 11) is 0. The zero-order valence-electron chi connectivity index (χ0n) is 11.2. The van der Waals surface area contributed by atoms with E-state index in [-0.39, 0.29) is 11.5 Å². The summed E-state index contributed by atoms with van der Waals surface area (Å²) in [4.78, 5) is 4.33. The fraction of sp³-hybridized carbons (Fsp3) is 0.118. The van der Waals surface area contributed by atoms with Crippen molar-refractivity contribution in [2.45, 2.75) is 12.8 Å². The molecule has 0 bridgehead atoms. The van der Waals surface area contributed by atoms with Gasteiger partial charge >= 0.3 is 0 Å². The fourth-order valence-electron chi connectivity index (χ4n) is 2.19. The lowest BCUT2D eigenvalue weighted by Crippen LogP contribution is -2.03. The molecular formula is C17H13F2NO. The summed E-state index contributed by atoms with van der Waals surface area (Å²) in [6.45, 7) is 0. The summed E-state index contributed by atoms with van der Waals surface area (Å²) >= 11 is 0. The van der Waals surface area contributed by atoms with Crippen LogP contribution in [0.1, 0.15) is 24.2 Å². The Bertz CT molecular complexity index is 713. The number of nitrogens with zero attached hydrogens (tertiary/aromatic N) is 1. The molecule has 0 atom stereocenters. The van der Waals surface area contributed by atoms with Crippen LogP contribution in [-0.2, 0) is 0 Å². The van der Waals surface area contributed by atoms with Crippen LogP contribution < -0.4 is 0 Å². The quantitative estimate of drug-likeness (QED) is 0.757. The average molecular weight is 285 g/mol. The monoisotopic (exact) mass is 285 g/mol. The molecular weight excluding hydrogens is 272 g/mol. The molecule has 1 aromatic carbocycles. The van der Waals surface area contributed by atoms with E-state index in [1.807, 2.05) is 30.3 Å². The summed E-state index contributed by atoms with van der Waals surface area (Å²) in [6.07, 6.45) is 3.59. The van der Waals surface area contributed by atoms with Crippen molar-refractivity contribution in [1.82, 2.24) is 0 Å². The van der Waals surface area contributed by atoms with Crippen LogP contribution in [0, 0.1) is 0 Å². The number of benzene rings is 1. The average Bonchev–Trinajstić information content (AvgIpc) is 3.03. The summed E-state index contributed by atoms with van der Waals surface area (Å²) in [5.41, 5.74) is 1.50. The second-order valence-electron chi connectivity index (χ2n) is 4.66. The Kier molecular flexibility index (Phi) is 3.77. The minimum atomic E-state index is -0.988. The van der Waals surface area contributed by atoms with Gasteiger partial charge in [0.1, 0.15) is 5.70 Å². The van der Waals surface area contributed by atoms with Crippen molar-refractivity contribution in [3.63, 3.8) is 0 Å². The molecule has 1 aliphatic heterocycles. The number of furan rings is 1. The van der Waals surface area contributed by atoms with Gasteiger partial charge in [0.05, 0.1) is 6.26 Å². The van der Waals surface area contributed by atoms with Crippen LogP contribution in [0.15, 0.2) is 75.9 Å². The van der Waals surface area contributed by atoms with E-state index in [4.69, 9.17) is 4.42 Å². The first-order chi connectivity index (χ1) is 10.3. The third-order valence-corrected chi connectivity index (χ3v) is 3.23. The molecule has 0 saturated heterocycles. The maximum Gasteiger partial charge on any atom is 0.187 e. The molecule has 3 rings (SSSR count). The van der Waals surface area contributed by atoms with Crippen molar-refractivity contribution >= 4 is 11.4 Å². The zero-order valence-corrected chi connectivity index (χ0v) is 11.2. The Morgan fingerprint density at radius 3 is 2.52 bits per heavy atom. The van der Waals surface area contributed by atoms with Gasteiger partial charge in [0, 0.05) is 5.71 Å². The summed E-state index contributed by atoms with van der Waals surface area (Å²) in [5.74, 6) is -1.67. The summed E-state index contributed by atoms with van der Waals surface area (Å²) in [6, 6.07) is 12.7. The van der Waals surface area contributed by atoms with Crippen LogP contribution in [0.2, 0.25) is 0 Å². The molecule has 2 heterocycles. The van der Waals surface area contributed by atoms with Gasteiger partial charge in [0.2, 0.25) is 0 Å². The van der Waals surface area contributed by atoms with Gasteiger partial charge in [0.25, 0.3) is 0 Å². The molecule has 0 fully saturated rings. The van der Waals surface area contributed by atoms with Gasteiger partial charge in [-0.25, -0.2) is 13.8 Å². The van der Waals surface area contributed by atoms with Gasteiger partial charge in [-0.3, -0.25) is 0 Å². The van der Waals surface area contributed by atoms with E-state index in [2.05, 4.69) is 4.99 Å². The lowest BCUT2D eigenvalue weighted by molar-refractivity contribution is 0.524. The van der Waals surface area contributed by atoms with Gasteiger partial charge in [0.15, 0.2) is 17.4 Å². The van der Waals surface area contributed by atoms with E-state index in [0.717, 1.165) is 5.56 Å². The topological polar surface area (TPSA) is 25.5 Å². The standard InChI is InChI=1S/C17H13F2NO/c18-13-8-4-9-14(12-6-2-1-3-7-12)20-17(16(13)19)15-10-5-11-21-15/h1-3,5-8,10-11H,4,9H2/b13-8+,17-16+,20-14?. The molecule has 0 saturated carbocycles. The Balaban J connectivity index is 2.14. The maximum atomic E-state index is 14.2. The zero-order chi connectivity index (χ0) is 14.7. The molecule has 2 aromatic rings. The molecule has 0 spiro atoms. The van der Waals surface area contributed by atoms with Crippen LogP contribution in [0.25, 0.3) is 5.70 Å². The smallest absolute Gasteiger partial charge is 0.187 e. The first-order valence-corrected chi connectivity index (χ1v) is 6.68. The molecule has 0 amide bonds. The highest BCUT2D eigenvalue weighted by molar-refractivity contribution is 6.03. The highest BCUT2D eigenvalue weighted by atomic mass is 19.2. The second-order valence-corrected chi connectivity index (χ2v) is 4.66. The molecule has 4 heteroatoms. The van der Waals surface area contributed by atoms with Crippen LogP contribution in [0.5, 0.6) is 0 Å². The number of hydrogen-bond acceptors (Lipinski definition) is 2. The predicted molar refractivity (Wildman–Crippen MR) is 78.1 cm³/mol. The number of aliphatic imine (C=N–C) groups is 1. The van der Waals surface area contributed by atoms with Crippen LogP contribution >= 0.6 is 0 Å². The second kappa shape index (κ2) is 5.87. The SMILES string of the molecule is FC1=C/CCC(c2ccccc2)=N/C(c2ccco2)=C\1F. The Labute approximate surface area is 121 Å². The minimum Gasteiger partial charge on any atom is -0.463 e. The molecule has 1 aromatic heterocycles. The Hall–Kier alpha value is -2.49. The highest BCUT2D eigenvalue weighted by Crippen LogP contribution is 2.30. The molecule has 0 unspecified atom stereocenters. The van der Waals surface area contributed by atoms with Crippen LogP contribution in [0.4, 0.5) is 8.78 Å². The minimum absolute atomic E-state index is 0.104. The highest BCUT2D eigenvalue weighted by Gasteiger charge is 2.19. The molecule has 1 aliphatic rings. The van der Waals surface area contributed by atoms with E-state index in [1.54, 1.807) is 12.1 Å². The normalized spacial score (nSPS) is 22.0. The maximum absolute atomic E-state index is 14.2. The van der Waals surface area contributed by atoms with Crippen molar-refractivity contribution in [2.24, 2.45) is 4.99 Å². The molecule has 106 valence electrons. The van der Waals surface area contributed by atoms with E-state index in [9.17, 15) is 8.78 Å². The Morgan fingerprint density at radius 1 is 1.00 bits per heavy atom. The summed E-state index contributed by atoms with van der Waals surface area (Å²) < 4.78 is 33.1. The van der Waals surface area contributed by atoms with Crippen molar-refractivity contribution < 1.29 is 13.2 Å². The van der Waals surface area contributed by atoms with E-state index in [0.29, 0.717) is 18.6 Å². The largest absolute Gasteiger partial charge is 0.463 e. The van der Waals surface area contributed by atoms with Crippen LogP contribution in [-0.4, -0.2) is 5.71 Å². The number of halogens is 2. The van der Waals surface area contributed by atoms with E-state index < -0.39 is 11.7 Å². The fourth-order valence-corrected chi connectivity index (χ4v) is 2.19. The molecule has 0 aliphatic carbocycles. The lowest BCUT2D eigenvalue weighted by Gasteiger charge is -2.10. The van der Waals surface area contributed by atoms with Crippen molar-refractivity contribution in [3.05, 3.63) is 77.8 Å². The molecule has 21 heavy (non-hydrogen) atoms. The number of rotatable bonds is 2. The van der Waals surface area contributed by atoms with Gasteiger partial charge in [-0.15, -0.1) is 0 Å². The van der Waals surface area contributed by atoms with Gasteiger partial charge < -0.3 is 4.42 Å².